The molecule has 0 bridgehead atoms. The lowest BCUT2D eigenvalue weighted by molar-refractivity contribution is 0.181. The summed E-state index contributed by atoms with van der Waals surface area (Å²) in [5.74, 6) is 0.842. The Hall–Kier alpha value is -2.24. The van der Waals surface area contributed by atoms with Crippen LogP contribution in [0.25, 0.3) is 0 Å². The number of aliphatic hydroxyl groups excluding tert-OH is 1. The van der Waals surface area contributed by atoms with Gasteiger partial charge in [-0.15, -0.1) is 0 Å². The first-order chi connectivity index (χ1) is 12.1. The van der Waals surface area contributed by atoms with Crippen LogP contribution in [0.1, 0.15) is 24.1 Å². The Morgan fingerprint density at radius 1 is 1.12 bits per heavy atom. The van der Waals surface area contributed by atoms with Crippen molar-refractivity contribution in [3.05, 3.63) is 53.6 Å². The van der Waals surface area contributed by atoms with Crippen LogP contribution >= 0.6 is 0 Å². The fourth-order valence-electron chi connectivity index (χ4n) is 2.76. The lowest BCUT2D eigenvalue weighted by Gasteiger charge is -2.20. The first kappa shape index (κ1) is 19.1. The summed E-state index contributed by atoms with van der Waals surface area (Å²) >= 11 is 0. The van der Waals surface area contributed by atoms with E-state index in [1.165, 1.54) is 5.56 Å². The number of ether oxygens (including phenoxy) is 2. The molecule has 0 saturated heterocycles. The third-order valence-electron chi connectivity index (χ3n) is 4.23. The second-order valence-electron chi connectivity index (χ2n) is 6.06. The van der Waals surface area contributed by atoms with Crippen LogP contribution in [-0.2, 0) is 11.3 Å². The van der Waals surface area contributed by atoms with Crippen molar-refractivity contribution in [1.29, 1.82) is 0 Å². The van der Waals surface area contributed by atoms with Gasteiger partial charge in [0.15, 0.2) is 0 Å². The molecule has 0 fully saturated rings. The maximum absolute atomic E-state index is 9.02. The van der Waals surface area contributed by atoms with E-state index in [1.54, 1.807) is 14.2 Å². The summed E-state index contributed by atoms with van der Waals surface area (Å²) in [7, 11) is 5.32. The summed E-state index contributed by atoms with van der Waals surface area (Å²) in [5, 5.41) is 12.5. The summed E-state index contributed by atoms with van der Waals surface area (Å²) in [4.78, 5) is 2.02. The molecule has 2 rings (SSSR count). The van der Waals surface area contributed by atoms with Crippen LogP contribution in [0.4, 0.5) is 11.4 Å². The van der Waals surface area contributed by atoms with Gasteiger partial charge in [-0.05, 0) is 48.9 Å². The van der Waals surface area contributed by atoms with E-state index in [0.29, 0.717) is 13.2 Å². The number of nitrogens with zero attached hydrogens (tertiary/aromatic N) is 1. The molecule has 1 unspecified atom stereocenters. The zero-order valence-corrected chi connectivity index (χ0v) is 15.5. The Morgan fingerprint density at radius 3 is 2.44 bits per heavy atom. The molecule has 1 atom stereocenters. The van der Waals surface area contributed by atoms with E-state index in [2.05, 4.69) is 48.6 Å². The molecule has 0 aliphatic rings. The smallest absolute Gasteiger partial charge is 0.124 e. The molecule has 136 valence electrons. The van der Waals surface area contributed by atoms with Crippen molar-refractivity contribution < 1.29 is 14.6 Å². The molecule has 0 aliphatic carbocycles. The van der Waals surface area contributed by atoms with E-state index in [1.807, 2.05) is 18.0 Å². The van der Waals surface area contributed by atoms with Crippen LogP contribution < -0.4 is 15.0 Å². The summed E-state index contributed by atoms with van der Waals surface area (Å²) in [5.41, 5.74) is 4.35. The first-order valence-electron chi connectivity index (χ1n) is 8.43. The van der Waals surface area contributed by atoms with E-state index in [4.69, 9.17) is 14.6 Å². The molecule has 5 heteroatoms. The number of anilines is 2. The van der Waals surface area contributed by atoms with Gasteiger partial charge in [0.2, 0.25) is 0 Å². The molecule has 0 aromatic heterocycles. The zero-order chi connectivity index (χ0) is 18.2. The molecule has 2 aromatic carbocycles. The fourth-order valence-corrected chi connectivity index (χ4v) is 2.76. The second kappa shape index (κ2) is 9.30. The number of benzene rings is 2. The monoisotopic (exact) mass is 344 g/mol. The third kappa shape index (κ3) is 5.11. The Labute approximate surface area is 150 Å². The maximum atomic E-state index is 9.02. The van der Waals surface area contributed by atoms with E-state index >= 15 is 0 Å². The van der Waals surface area contributed by atoms with Crippen LogP contribution in [0.2, 0.25) is 0 Å². The molecule has 2 N–H and O–H groups in total. The molecule has 0 aliphatic heterocycles. The molecular weight excluding hydrogens is 316 g/mol. The number of methoxy groups -OCH3 is 2. The van der Waals surface area contributed by atoms with Crippen LogP contribution in [0.15, 0.2) is 42.5 Å². The number of aliphatic hydroxyl groups is 1. The molecule has 0 heterocycles. The van der Waals surface area contributed by atoms with Crippen LogP contribution in [0.5, 0.6) is 5.75 Å². The van der Waals surface area contributed by atoms with Gasteiger partial charge in [0.05, 0.1) is 20.3 Å². The van der Waals surface area contributed by atoms with Crippen molar-refractivity contribution >= 4 is 11.4 Å². The predicted molar refractivity (Wildman–Crippen MR) is 103 cm³/mol. The second-order valence-corrected chi connectivity index (χ2v) is 6.06. The van der Waals surface area contributed by atoms with Crippen LogP contribution in [0.3, 0.4) is 0 Å². The number of rotatable bonds is 9. The van der Waals surface area contributed by atoms with Gasteiger partial charge < -0.3 is 24.8 Å². The predicted octanol–water partition coefficient (Wildman–Crippen LogP) is 3.44. The number of likely N-dealkylation sites (N-methyl/N-ethyl adjacent to an activating group) is 1. The maximum Gasteiger partial charge on any atom is 0.124 e. The summed E-state index contributed by atoms with van der Waals surface area (Å²) in [6.07, 6.45) is 0. The number of hydrogen-bond donors (Lipinski definition) is 2. The molecule has 0 spiro atoms. The van der Waals surface area contributed by atoms with Gasteiger partial charge in [0, 0.05) is 43.7 Å². The highest BCUT2D eigenvalue weighted by Gasteiger charge is 2.10. The van der Waals surface area contributed by atoms with Gasteiger partial charge in [-0.25, -0.2) is 0 Å². The van der Waals surface area contributed by atoms with Crippen molar-refractivity contribution in [2.45, 2.75) is 19.6 Å². The highest BCUT2D eigenvalue weighted by Crippen LogP contribution is 2.27. The highest BCUT2D eigenvalue weighted by atomic mass is 16.5. The van der Waals surface area contributed by atoms with E-state index in [-0.39, 0.29) is 12.6 Å². The van der Waals surface area contributed by atoms with Gasteiger partial charge in [0.25, 0.3) is 0 Å². The summed E-state index contributed by atoms with van der Waals surface area (Å²) < 4.78 is 10.6. The van der Waals surface area contributed by atoms with E-state index in [0.717, 1.165) is 22.7 Å². The van der Waals surface area contributed by atoms with Gasteiger partial charge in [-0.1, -0.05) is 6.07 Å². The molecule has 25 heavy (non-hydrogen) atoms. The third-order valence-corrected chi connectivity index (χ3v) is 4.23. The minimum absolute atomic E-state index is 0.148. The molecule has 0 radical (unpaired) electrons. The van der Waals surface area contributed by atoms with Crippen LogP contribution in [-0.4, -0.2) is 39.5 Å². The molecule has 5 nitrogen and oxygen atoms in total. The largest absolute Gasteiger partial charge is 0.496 e. The van der Waals surface area contributed by atoms with Crippen molar-refractivity contribution in [2.24, 2.45) is 0 Å². The van der Waals surface area contributed by atoms with Crippen molar-refractivity contribution in [3.63, 3.8) is 0 Å². The van der Waals surface area contributed by atoms with Gasteiger partial charge >= 0.3 is 0 Å². The van der Waals surface area contributed by atoms with E-state index < -0.39 is 0 Å². The molecule has 0 amide bonds. The zero-order valence-electron chi connectivity index (χ0n) is 15.5. The molecule has 2 aromatic rings. The quantitative estimate of drug-likeness (QED) is 0.730. The SMILES string of the molecule is COCc1cc(C(C)Nc2ccc(N(C)CCO)cc2)ccc1OC. The minimum Gasteiger partial charge on any atom is -0.496 e. The Balaban J connectivity index is 2.08. The van der Waals surface area contributed by atoms with Crippen LogP contribution in [0, 0.1) is 0 Å². The molecule has 0 saturated carbocycles. The standard InChI is InChI=1S/C20H28N2O3/c1-15(16-5-10-20(25-4)17(13-16)14-24-3)21-18-6-8-19(9-7-18)22(2)11-12-23/h5-10,13,15,21,23H,11-12,14H2,1-4H3. The Bertz CT molecular complexity index is 658. The Morgan fingerprint density at radius 2 is 1.84 bits per heavy atom. The number of hydrogen-bond acceptors (Lipinski definition) is 5. The highest BCUT2D eigenvalue weighted by molar-refractivity contribution is 5.55. The average Bonchev–Trinajstić information content (AvgIpc) is 2.62. The topological polar surface area (TPSA) is 54.0 Å². The van der Waals surface area contributed by atoms with Gasteiger partial charge in [0.1, 0.15) is 5.75 Å². The lowest BCUT2D eigenvalue weighted by Crippen LogP contribution is -2.20. The van der Waals surface area contributed by atoms with Crippen molar-refractivity contribution in [1.82, 2.24) is 0 Å². The fraction of sp³-hybridized carbons (Fsp3) is 0.400. The Kier molecular flexibility index (Phi) is 7.10. The lowest BCUT2D eigenvalue weighted by atomic mass is 10.0. The minimum atomic E-state index is 0.148. The number of nitrogens with one attached hydrogen (secondary N) is 1. The normalized spacial score (nSPS) is 11.9. The van der Waals surface area contributed by atoms with Crippen molar-refractivity contribution in [3.8, 4) is 5.75 Å². The molecular formula is C20H28N2O3. The van der Waals surface area contributed by atoms with E-state index in [9.17, 15) is 0 Å². The summed E-state index contributed by atoms with van der Waals surface area (Å²) in [6.45, 7) is 3.42. The average molecular weight is 344 g/mol. The van der Waals surface area contributed by atoms with Gasteiger partial charge in [-0.2, -0.15) is 0 Å². The summed E-state index contributed by atoms with van der Waals surface area (Å²) in [6, 6.07) is 14.5. The van der Waals surface area contributed by atoms with Gasteiger partial charge in [-0.3, -0.25) is 0 Å². The van der Waals surface area contributed by atoms with Crippen molar-refractivity contribution in [2.75, 3.05) is 44.6 Å². The first-order valence-corrected chi connectivity index (χ1v) is 8.43.